The van der Waals surface area contributed by atoms with Crippen LogP contribution in [0.15, 0.2) is 95.3 Å². The zero-order valence-electron chi connectivity index (χ0n) is 23.7. The number of nitrogens with one attached hydrogen (secondary N) is 1. The van der Waals surface area contributed by atoms with Crippen LogP contribution in [0.1, 0.15) is 34.3 Å². The minimum absolute atomic E-state index is 0.122. The van der Waals surface area contributed by atoms with E-state index < -0.39 is 0 Å². The van der Waals surface area contributed by atoms with Crippen molar-refractivity contribution in [3.05, 3.63) is 102 Å². The molecular weight excluding hydrogens is 546 g/mol. The lowest BCUT2D eigenvalue weighted by Gasteiger charge is -2.08. The molecule has 12 nitrogen and oxygen atoms in total. The number of ether oxygens (including phenoxy) is 2. The van der Waals surface area contributed by atoms with Crippen LogP contribution in [0.4, 0.5) is 11.4 Å². The molecule has 1 amide bonds. The van der Waals surface area contributed by atoms with E-state index in [-0.39, 0.29) is 24.0 Å². The molecule has 2 atom stereocenters. The maximum Gasteiger partial charge on any atom is 0.282 e. The van der Waals surface area contributed by atoms with E-state index in [1.807, 2.05) is 54.6 Å². The summed E-state index contributed by atoms with van der Waals surface area (Å²) < 4.78 is 11.9. The van der Waals surface area contributed by atoms with Gasteiger partial charge in [-0.25, -0.2) is 19.7 Å². The lowest BCUT2D eigenvalue weighted by molar-refractivity contribution is 0.102. The highest BCUT2D eigenvalue weighted by Gasteiger charge is 2.17. The minimum atomic E-state index is -0.208. The fourth-order valence-electron chi connectivity index (χ4n) is 4.54. The fourth-order valence-corrected chi connectivity index (χ4v) is 4.54. The number of carbonyl (C=O) groups excluding carboxylic acids is 1. The number of aliphatic imine (C=N–C) groups is 2. The van der Waals surface area contributed by atoms with Crippen LogP contribution >= 0.6 is 0 Å². The number of aryl methyl sites for hydroxylation is 2. The largest absolute Gasteiger partial charge is 0.463 e. The number of nitrogens with two attached hydrogens (primary N) is 3. The number of amidine groups is 2. The number of amides is 1. The Kier molecular flexibility index (Phi) is 9.47. The van der Waals surface area contributed by atoms with Crippen LogP contribution in [0.5, 0.6) is 0 Å². The molecule has 2 aromatic heterocycles. The van der Waals surface area contributed by atoms with Gasteiger partial charge in [-0.15, -0.1) is 0 Å². The van der Waals surface area contributed by atoms with Gasteiger partial charge in [-0.05, 0) is 79.3 Å². The molecule has 2 aliphatic rings. The molecule has 0 fully saturated rings. The summed E-state index contributed by atoms with van der Waals surface area (Å²) in [5.41, 5.74) is 21.0. The van der Waals surface area contributed by atoms with Crippen molar-refractivity contribution in [3.63, 3.8) is 0 Å². The van der Waals surface area contributed by atoms with Gasteiger partial charge in [-0.2, -0.15) is 5.10 Å². The Morgan fingerprint density at radius 1 is 0.837 bits per heavy atom. The molecule has 7 N–H and O–H groups in total. The van der Waals surface area contributed by atoms with Crippen molar-refractivity contribution in [2.45, 2.75) is 37.8 Å². The van der Waals surface area contributed by atoms with Gasteiger partial charge in [0.25, 0.3) is 18.0 Å². The van der Waals surface area contributed by atoms with E-state index in [9.17, 15) is 4.79 Å². The van der Waals surface area contributed by atoms with Gasteiger partial charge in [-0.3, -0.25) is 4.79 Å². The second kappa shape index (κ2) is 14.0. The smallest absolute Gasteiger partial charge is 0.282 e. The van der Waals surface area contributed by atoms with Crippen molar-refractivity contribution >= 4 is 29.3 Å². The maximum absolute atomic E-state index is 12.4. The van der Waals surface area contributed by atoms with Crippen LogP contribution in [0.2, 0.25) is 0 Å². The van der Waals surface area contributed by atoms with Gasteiger partial charge in [-0.1, -0.05) is 24.3 Å². The molecule has 0 spiro atoms. The molecule has 222 valence electrons. The highest BCUT2D eigenvalue weighted by atomic mass is 16.5. The van der Waals surface area contributed by atoms with Gasteiger partial charge in [0.05, 0.1) is 17.6 Å². The molecule has 0 saturated heterocycles. The third-order valence-corrected chi connectivity index (χ3v) is 6.94. The van der Waals surface area contributed by atoms with Crippen LogP contribution in [0.3, 0.4) is 0 Å². The van der Waals surface area contributed by atoms with Gasteiger partial charge >= 0.3 is 0 Å². The Hall–Kier alpha value is -5.39. The average molecular weight is 582 g/mol. The van der Waals surface area contributed by atoms with Crippen molar-refractivity contribution in [1.82, 2.24) is 14.8 Å². The molecule has 4 heterocycles. The lowest BCUT2D eigenvalue weighted by Crippen LogP contribution is -2.13. The number of nitrogens with zero attached hydrogens (tertiary/aromatic N) is 5. The molecule has 6 rings (SSSR count). The first-order chi connectivity index (χ1) is 20.9. The number of aromatic nitrogens is 3. The van der Waals surface area contributed by atoms with E-state index in [1.165, 1.54) is 17.3 Å². The van der Waals surface area contributed by atoms with Crippen LogP contribution in [-0.4, -0.2) is 58.0 Å². The van der Waals surface area contributed by atoms with E-state index >= 15 is 0 Å². The summed E-state index contributed by atoms with van der Waals surface area (Å²) in [5.74, 6) is 0.449. The number of rotatable bonds is 9. The van der Waals surface area contributed by atoms with Crippen LogP contribution in [0.25, 0.3) is 5.82 Å². The van der Waals surface area contributed by atoms with E-state index in [4.69, 9.17) is 26.7 Å². The third kappa shape index (κ3) is 8.55. The van der Waals surface area contributed by atoms with Crippen molar-refractivity contribution in [1.29, 1.82) is 0 Å². The monoisotopic (exact) mass is 581 g/mol. The van der Waals surface area contributed by atoms with Crippen molar-refractivity contribution < 1.29 is 14.3 Å². The second-order valence-corrected chi connectivity index (χ2v) is 10.2. The van der Waals surface area contributed by atoms with Gasteiger partial charge in [0.2, 0.25) is 0 Å². The quantitative estimate of drug-likeness (QED) is 0.218. The predicted molar refractivity (Wildman–Crippen MR) is 166 cm³/mol. The molecule has 0 saturated carbocycles. The van der Waals surface area contributed by atoms with Crippen molar-refractivity contribution in [2.75, 3.05) is 24.3 Å². The van der Waals surface area contributed by atoms with Crippen LogP contribution in [-0.2, 0) is 22.3 Å². The Balaban J connectivity index is 0.000000207. The van der Waals surface area contributed by atoms with Crippen LogP contribution in [0, 0.1) is 0 Å². The summed E-state index contributed by atoms with van der Waals surface area (Å²) in [5, 5.41) is 7.00. The third-order valence-electron chi connectivity index (χ3n) is 6.94. The normalized spacial score (nSPS) is 17.1. The molecule has 0 aliphatic carbocycles. The Bertz CT molecular complexity index is 1540. The molecule has 2 aliphatic heterocycles. The standard InChI is InChI=1S/C20H20N6O2.C11H15N3O/c21-20-25-17(13-28-20)8-4-14-2-6-16(7-3-14)24-19(27)15-5-9-18(22-12-15)26-11-1-10-23-26;12-9-4-1-8(2-5-9)3-6-10-7-15-11(13)14-10/h1-3,5-7,9-12,17H,4,8,13H2,(H2,21,25)(H,24,27);1-2,4-5,10H,3,6-7,12H2,(H2,13,14)/t17-;10-/m00/s1. The average Bonchev–Trinajstić information content (AvgIpc) is 3.80. The predicted octanol–water partition coefficient (Wildman–Crippen LogP) is 3.08. The number of hydrogen-bond donors (Lipinski definition) is 4. The van der Waals surface area contributed by atoms with Gasteiger partial charge in [0, 0.05) is 30.0 Å². The van der Waals surface area contributed by atoms with Gasteiger partial charge in [0.15, 0.2) is 5.82 Å². The molecular formula is C31H35N9O3. The van der Waals surface area contributed by atoms with E-state index in [1.54, 1.807) is 29.2 Å². The molecule has 43 heavy (non-hydrogen) atoms. The SMILES string of the molecule is NC1=N[C@@H](CCc2ccc(N)cc2)CO1.NC1=N[C@@H](CCc2ccc(NC(=O)c3ccc(-n4cccn4)nc3)cc2)CO1. The summed E-state index contributed by atoms with van der Waals surface area (Å²) in [6.07, 6.45) is 8.70. The molecule has 0 unspecified atom stereocenters. The molecule has 2 aromatic carbocycles. The topological polar surface area (TPSA) is 181 Å². The Labute approximate surface area is 249 Å². The maximum atomic E-state index is 12.4. The summed E-state index contributed by atoms with van der Waals surface area (Å²) in [4.78, 5) is 25.1. The van der Waals surface area contributed by atoms with E-state index in [2.05, 4.69) is 25.4 Å². The van der Waals surface area contributed by atoms with Crippen LogP contribution < -0.4 is 22.5 Å². The number of pyridine rings is 1. The minimum Gasteiger partial charge on any atom is -0.463 e. The number of carbonyl (C=O) groups is 1. The van der Waals surface area contributed by atoms with Crippen molar-refractivity contribution in [3.8, 4) is 5.82 Å². The molecule has 0 bridgehead atoms. The second-order valence-electron chi connectivity index (χ2n) is 10.2. The number of nitrogen functional groups attached to an aromatic ring is 1. The molecule has 4 aromatic rings. The lowest BCUT2D eigenvalue weighted by atomic mass is 10.1. The van der Waals surface area contributed by atoms with E-state index in [0.29, 0.717) is 30.6 Å². The molecule has 0 radical (unpaired) electrons. The fraction of sp³-hybridized carbons (Fsp3) is 0.258. The highest BCUT2D eigenvalue weighted by molar-refractivity contribution is 6.04. The Morgan fingerprint density at radius 3 is 1.93 bits per heavy atom. The first-order valence-electron chi connectivity index (χ1n) is 14.0. The van der Waals surface area contributed by atoms with E-state index in [0.717, 1.165) is 37.1 Å². The zero-order valence-corrected chi connectivity index (χ0v) is 23.7. The zero-order chi connectivity index (χ0) is 30.0. The number of anilines is 2. The Morgan fingerprint density at radius 2 is 1.44 bits per heavy atom. The summed E-state index contributed by atoms with van der Waals surface area (Å²) >= 11 is 0. The van der Waals surface area contributed by atoms with Crippen molar-refractivity contribution in [2.24, 2.45) is 21.5 Å². The van der Waals surface area contributed by atoms with Gasteiger partial charge < -0.3 is 32.0 Å². The van der Waals surface area contributed by atoms with Gasteiger partial charge in [0.1, 0.15) is 13.2 Å². The highest BCUT2D eigenvalue weighted by Crippen LogP contribution is 2.16. The summed E-state index contributed by atoms with van der Waals surface area (Å²) in [6, 6.07) is 21.9. The number of benzene rings is 2. The number of hydrogen-bond acceptors (Lipinski definition) is 10. The summed E-state index contributed by atoms with van der Waals surface area (Å²) in [7, 11) is 0. The molecule has 12 heteroatoms. The summed E-state index contributed by atoms with van der Waals surface area (Å²) in [6.45, 7) is 1.16. The first kappa shape index (κ1) is 29.1. The first-order valence-corrected chi connectivity index (χ1v) is 14.0.